The van der Waals surface area contributed by atoms with Gasteiger partial charge in [-0.2, -0.15) is 0 Å². The number of piperidine rings is 1. The lowest BCUT2D eigenvalue weighted by Crippen LogP contribution is -2.43. The van der Waals surface area contributed by atoms with E-state index in [1.54, 1.807) is 11.3 Å². The van der Waals surface area contributed by atoms with Gasteiger partial charge in [0.15, 0.2) is 0 Å². The van der Waals surface area contributed by atoms with Crippen LogP contribution in [-0.2, 0) is 17.8 Å². The summed E-state index contributed by atoms with van der Waals surface area (Å²) in [4.78, 5) is 27.7. The second kappa shape index (κ2) is 5.72. The minimum atomic E-state index is 0.187. The Morgan fingerprint density at radius 3 is 2.87 bits per heavy atom. The number of aromatic nitrogens is 2. The number of nitrogens with zero attached hydrogens (tertiary/aromatic N) is 4. The van der Waals surface area contributed by atoms with E-state index in [0.29, 0.717) is 18.3 Å². The molecular weight excluding hydrogens is 310 g/mol. The third-order valence-corrected chi connectivity index (χ3v) is 6.17. The lowest BCUT2D eigenvalue weighted by Gasteiger charge is -2.34. The highest BCUT2D eigenvalue weighted by atomic mass is 32.1. The van der Waals surface area contributed by atoms with Crippen LogP contribution >= 0.6 is 11.3 Å². The number of amides is 1. The average molecular weight is 331 g/mol. The number of hydrogen-bond acceptors (Lipinski definition) is 6. The molecule has 2 aliphatic rings. The zero-order chi connectivity index (χ0) is 16.0. The van der Waals surface area contributed by atoms with Gasteiger partial charge in [0.25, 0.3) is 0 Å². The molecule has 0 bridgehead atoms. The molecule has 2 aliphatic heterocycles. The monoisotopic (exact) mass is 331 g/mol. The number of likely N-dealkylation sites (tertiary alicyclic amines) is 1. The van der Waals surface area contributed by atoms with Crippen LogP contribution in [0.5, 0.6) is 0 Å². The van der Waals surface area contributed by atoms with Crippen LogP contribution in [0.2, 0.25) is 0 Å². The largest absolute Gasteiger partial charge is 0.383 e. The highest BCUT2D eigenvalue weighted by Crippen LogP contribution is 2.36. The van der Waals surface area contributed by atoms with Gasteiger partial charge >= 0.3 is 0 Å². The van der Waals surface area contributed by atoms with E-state index in [1.807, 2.05) is 4.90 Å². The van der Waals surface area contributed by atoms with Crippen LogP contribution in [0.15, 0.2) is 6.33 Å². The van der Waals surface area contributed by atoms with E-state index in [1.165, 1.54) is 16.8 Å². The number of fused-ring (bicyclic) bond motifs is 3. The summed E-state index contributed by atoms with van der Waals surface area (Å²) in [6, 6.07) is 0. The molecule has 0 saturated carbocycles. The predicted octanol–water partition coefficient (Wildman–Crippen LogP) is 1.50. The molecule has 23 heavy (non-hydrogen) atoms. The molecule has 2 aromatic heterocycles. The van der Waals surface area contributed by atoms with E-state index < -0.39 is 0 Å². The molecule has 1 saturated heterocycles. The quantitative estimate of drug-likeness (QED) is 0.857. The van der Waals surface area contributed by atoms with Gasteiger partial charge in [0, 0.05) is 17.3 Å². The first-order chi connectivity index (χ1) is 11.1. The van der Waals surface area contributed by atoms with Crippen molar-refractivity contribution in [1.82, 2.24) is 19.8 Å². The van der Waals surface area contributed by atoms with Gasteiger partial charge in [0.2, 0.25) is 5.91 Å². The molecule has 7 heteroatoms. The highest BCUT2D eigenvalue weighted by Gasteiger charge is 2.31. The number of thiophene rings is 1. The van der Waals surface area contributed by atoms with Crippen molar-refractivity contribution >= 4 is 33.3 Å². The summed E-state index contributed by atoms with van der Waals surface area (Å²) in [5.74, 6) is 1.06. The molecule has 0 spiro atoms. The summed E-state index contributed by atoms with van der Waals surface area (Å²) < 4.78 is 0. The Kier molecular flexibility index (Phi) is 3.69. The number of anilines is 1. The summed E-state index contributed by atoms with van der Waals surface area (Å²) in [7, 11) is 2.12. The fourth-order valence-electron chi connectivity index (χ4n) is 3.65. The minimum Gasteiger partial charge on any atom is -0.383 e. The van der Waals surface area contributed by atoms with Crippen molar-refractivity contribution in [3.05, 3.63) is 16.8 Å². The van der Waals surface area contributed by atoms with Gasteiger partial charge in [-0.1, -0.05) is 0 Å². The highest BCUT2D eigenvalue weighted by molar-refractivity contribution is 7.19. The third-order valence-electron chi connectivity index (χ3n) is 5.05. The molecule has 0 atom stereocenters. The normalized spacial score (nSPS) is 20.0. The lowest BCUT2D eigenvalue weighted by molar-refractivity contribution is -0.137. The Morgan fingerprint density at radius 1 is 1.30 bits per heavy atom. The first kappa shape index (κ1) is 14.8. The molecule has 0 aromatic carbocycles. The zero-order valence-corrected chi connectivity index (χ0v) is 14.1. The maximum absolute atomic E-state index is 12.8. The van der Waals surface area contributed by atoms with Crippen LogP contribution in [0.1, 0.15) is 23.3 Å². The molecule has 4 rings (SSSR count). The van der Waals surface area contributed by atoms with Crippen molar-refractivity contribution in [3.63, 3.8) is 0 Å². The van der Waals surface area contributed by atoms with Gasteiger partial charge in [-0.05, 0) is 45.0 Å². The molecule has 0 radical (unpaired) electrons. The van der Waals surface area contributed by atoms with E-state index in [-0.39, 0.29) is 5.92 Å². The van der Waals surface area contributed by atoms with Gasteiger partial charge in [-0.25, -0.2) is 9.97 Å². The van der Waals surface area contributed by atoms with Crippen molar-refractivity contribution in [2.45, 2.75) is 25.8 Å². The van der Waals surface area contributed by atoms with E-state index in [0.717, 1.165) is 49.1 Å². The molecule has 122 valence electrons. The van der Waals surface area contributed by atoms with E-state index in [9.17, 15) is 4.79 Å². The van der Waals surface area contributed by atoms with Crippen LogP contribution in [0.3, 0.4) is 0 Å². The molecule has 2 aromatic rings. The van der Waals surface area contributed by atoms with Gasteiger partial charge < -0.3 is 15.5 Å². The molecule has 2 N–H and O–H groups in total. The summed E-state index contributed by atoms with van der Waals surface area (Å²) in [5, 5.41) is 0.999. The Labute approximate surface area is 139 Å². The zero-order valence-electron chi connectivity index (χ0n) is 13.3. The fourth-order valence-corrected chi connectivity index (χ4v) is 4.86. The van der Waals surface area contributed by atoms with E-state index in [4.69, 9.17) is 5.73 Å². The van der Waals surface area contributed by atoms with Crippen LogP contribution in [0.4, 0.5) is 5.82 Å². The van der Waals surface area contributed by atoms with Crippen LogP contribution in [0.25, 0.3) is 10.2 Å². The van der Waals surface area contributed by atoms with Crippen LogP contribution < -0.4 is 5.73 Å². The number of rotatable bonds is 1. The Hall–Kier alpha value is -1.73. The molecule has 1 amide bonds. The predicted molar refractivity (Wildman–Crippen MR) is 91.2 cm³/mol. The SMILES string of the molecule is CN1CCC(C(=O)N2CCc3c(sc4ncnc(N)c34)C2)CC1. The first-order valence-corrected chi connectivity index (χ1v) is 8.93. The molecule has 1 fully saturated rings. The molecule has 0 unspecified atom stereocenters. The van der Waals surface area contributed by atoms with Crippen molar-refractivity contribution in [1.29, 1.82) is 0 Å². The molecular formula is C16H21N5OS. The van der Waals surface area contributed by atoms with Crippen molar-refractivity contribution in [3.8, 4) is 0 Å². The van der Waals surface area contributed by atoms with Gasteiger partial charge in [-0.3, -0.25) is 4.79 Å². The van der Waals surface area contributed by atoms with Crippen LogP contribution in [0, 0.1) is 5.92 Å². The Morgan fingerprint density at radius 2 is 2.09 bits per heavy atom. The molecule has 4 heterocycles. The number of carbonyl (C=O) groups excluding carboxylic acids is 1. The number of hydrogen-bond donors (Lipinski definition) is 1. The van der Waals surface area contributed by atoms with Gasteiger partial charge in [-0.15, -0.1) is 11.3 Å². The number of nitrogens with two attached hydrogens (primary N) is 1. The fraction of sp³-hybridized carbons (Fsp3) is 0.562. The van der Waals surface area contributed by atoms with Gasteiger partial charge in [0.05, 0.1) is 11.9 Å². The first-order valence-electron chi connectivity index (χ1n) is 8.11. The van der Waals surface area contributed by atoms with Crippen molar-refractivity contribution in [2.75, 3.05) is 32.4 Å². The van der Waals surface area contributed by atoms with Crippen molar-refractivity contribution < 1.29 is 4.79 Å². The second-order valence-electron chi connectivity index (χ2n) is 6.53. The van der Waals surface area contributed by atoms with Gasteiger partial charge in [0.1, 0.15) is 17.0 Å². The van der Waals surface area contributed by atoms with E-state index >= 15 is 0 Å². The third kappa shape index (κ3) is 2.57. The average Bonchev–Trinajstić information content (AvgIpc) is 2.93. The standard InChI is InChI=1S/C16H21N5OS/c1-20-5-2-10(3-6-20)16(22)21-7-4-11-12(8-21)23-15-13(11)14(17)18-9-19-15/h9-10H,2-8H2,1H3,(H2,17,18,19). The van der Waals surface area contributed by atoms with Crippen LogP contribution in [-0.4, -0.2) is 52.4 Å². The lowest BCUT2D eigenvalue weighted by atomic mass is 9.94. The summed E-state index contributed by atoms with van der Waals surface area (Å²) in [5.41, 5.74) is 7.27. The Bertz CT molecular complexity index is 750. The molecule has 6 nitrogen and oxygen atoms in total. The topological polar surface area (TPSA) is 75.4 Å². The Balaban J connectivity index is 1.56. The number of carbonyl (C=O) groups is 1. The molecule has 0 aliphatic carbocycles. The maximum atomic E-state index is 12.8. The summed E-state index contributed by atoms with van der Waals surface area (Å²) >= 11 is 1.65. The summed E-state index contributed by atoms with van der Waals surface area (Å²) in [6.07, 6.45) is 4.32. The minimum absolute atomic E-state index is 0.187. The van der Waals surface area contributed by atoms with E-state index in [2.05, 4.69) is 21.9 Å². The smallest absolute Gasteiger partial charge is 0.226 e. The maximum Gasteiger partial charge on any atom is 0.226 e. The van der Waals surface area contributed by atoms with Crippen molar-refractivity contribution in [2.24, 2.45) is 5.92 Å². The second-order valence-corrected chi connectivity index (χ2v) is 7.61. The number of nitrogen functional groups attached to an aromatic ring is 1. The summed E-state index contributed by atoms with van der Waals surface area (Å²) in [6.45, 7) is 3.51.